The van der Waals surface area contributed by atoms with Crippen molar-refractivity contribution in [2.24, 2.45) is 7.05 Å². The SMILES string of the molecule is CSC(C)CCNC(C)c1cnn(C)c1. The molecule has 0 fully saturated rings. The minimum absolute atomic E-state index is 0.396. The summed E-state index contributed by atoms with van der Waals surface area (Å²) in [6.45, 7) is 5.51. The molecule has 0 saturated carbocycles. The van der Waals surface area contributed by atoms with Crippen molar-refractivity contribution in [3.05, 3.63) is 18.0 Å². The molecular weight excluding hydrogens is 206 g/mol. The highest BCUT2D eigenvalue weighted by molar-refractivity contribution is 7.99. The molecule has 1 rings (SSSR count). The molecule has 0 aliphatic carbocycles. The molecule has 1 heterocycles. The Labute approximate surface area is 96.6 Å². The second-order valence-electron chi connectivity index (χ2n) is 3.96. The summed E-state index contributed by atoms with van der Waals surface area (Å²) in [6.07, 6.45) is 7.37. The first-order valence-corrected chi connectivity index (χ1v) is 6.67. The quantitative estimate of drug-likeness (QED) is 0.808. The van der Waals surface area contributed by atoms with Gasteiger partial charge in [-0.3, -0.25) is 4.68 Å². The Hall–Kier alpha value is -0.480. The molecule has 0 aliphatic heterocycles. The van der Waals surface area contributed by atoms with Gasteiger partial charge in [0, 0.05) is 30.1 Å². The number of nitrogens with one attached hydrogen (secondary N) is 1. The number of rotatable bonds is 6. The zero-order chi connectivity index (χ0) is 11.3. The number of thioether (sulfide) groups is 1. The summed E-state index contributed by atoms with van der Waals surface area (Å²) in [6, 6.07) is 0.396. The third kappa shape index (κ3) is 4.26. The Morgan fingerprint density at radius 1 is 1.53 bits per heavy atom. The summed E-state index contributed by atoms with van der Waals surface area (Å²) in [4.78, 5) is 0. The Balaban J connectivity index is 2.27. The van der Waals surface area contributed by atoms with Gasteiger partial charge in [0.05, 0.1) is 6.20 Å². The molecule has 15 heavy (non-hydrogen) atoms. The average molecular weight is 227 g/mol. The molecule has 3 nitrogen and oxygen atoms in total. The Morgan fingerprint density at radius 2 is 2.27 bits per heavy atom. The van der Waals surface area contributed by atoms with E-state index in [2.05, 4.69) is 36.7 Å². The predicted molar refractivity (Wildman–Crippen MR) is 67.2 cm³/mol. The van der Waals surface area contributed by atoms with E-state index in [4.69, 9.17) is 0 Å². The van der Waals surface area contributed by atoms with Crippen molar-refractivity contribution in [2.45, 2.75) is 31.6 Å². The van der Waals surface area contributed by atoms with Crippen LogP contribution in [0.4, 0.5) is 0 Å². The number of hydrogen-bond acceptors (Lipinski definition) is 3. The van der Waals surface area contributed by atoms with Gasteiger partial charge in [-0.25, -0.2) is 0 Å². The summed E-state index contributed by atoms with van der Waals surface area (Å²) < 4.78 is 1.85. The molecule has 86 valence electrons. The van der Waals surface area contributed by atoms with Gasteiger partial charge in [-0.05, 0) is 26.1 Å². The molecule has 1 aromatic heterocycles. The van der Waals surface area contributed by atoms with Crippen molar-refractivity contribution in [1.29, 1.82) is 0 Å². The molecule has 0 saturated heterocycles. The van der Waals surface area contributed by atoms with Crippen LogP contribution in [0, 0.1) is 0 Å². The largest absolute Gasteiger partial charge is 0.310 e. The molecule has 2 atom stereocenters. The monoisotopic (exact) mass is 227 g/mol. The highest BCUT2D eigenvalue weighted by atomic mass is 32.2. The van der Waals surface area contributed by atoms with Gasteiger partial charge in [0.25, 0.3) is 0 Å². The fourth-order valence-electron chi connectivity index (χ4n) is 1.40. The number of aryl methyl sites for hydroxylation is 1. The minimum Gasteiger partial charge on any atom is -0.310 e. The van der Waals surface area contributed by atoms with Crippen LogP contribution in [0.2, 0.25) is 0 Å². The van der Waals surface area contributed by atoms with Crippen LogP contribution in [0.15, 0.2) is 12.4 Å². The van der Waals surface area contributed by atoms with Gasteiger partial charge in [0.1, 0.15) is 0 Å². The van der Waals surface area contributed by atoms with Crippen LogP contribution >= 0.6 is 11.8 Å². The lowest BCUT2D eigenvalue weighted by molar-refractivity contribution is 0.557. The average Bonchev–Trinajstić information content (AvgIpc) is 2.64. The smallest absolute Gasteiger partial charge is 0.0537 e. The third-order valence-electron chi connectivity index (χ3n) is 2.63. The maximum Gasteiger partial charge on any atom is 0.0537 e. The fourth-order valence-corrected chi connectivity index (χ4v) is 1.76. The second kappa shape index (κ2) is 6.18. The van der Waals surface area contributed by atoms with Crippen LogP contribution in [0.5, 0.6) is 0 Å². The van der Waals surface area contributed by atoms with Crippen LogP contribution < -0.4 is 5.32 Å². The highest BCUT2D eigenvalue weighted by Crippen LogP contribution is 2.12. The first-order chi connectivity index (χ1) is 7.13. The summed E-state index contributed by atoms with van der Waals surface area (Å²) in [7, 11) is 1.95. The Kier molecular flexibility index (Phi) is 5.19. The van der Waals surface area contributed by atoms with E-state index in [1.165, 1.54) is 12.0 Å². The number of aromatic nitrogens is 2. The van der Waals surface area contributed by atoms with Gasteiger partial charge < -0.3 is 5.32 Å². The van der Waals surface area contributed by atoms with Crippen LogP contribution in [0.25, 0.3) is 0 Å². The fraction of sp³-hybridized carbons (Fsp3) is 0.727. The van der Waals surface area contributed by atoms with Gasteiger partial charge in [-0.15, -0.1) is 0 Å². The lowest BCUT2D eigenvalue weighted by Gasteiger charge is -2.13. The standard InChI is InChI=1S/C11H21N3S/c1-9(15-4)5-6-12-10(2)11-7-13-14(3)8-11/h7-10,12H,5-6H2,1-4H3. The van der Waals surface area contributed by atoms with Crippen molar-refractivity contribution in [3.8, 4) is 0 Å². The zero-order valence-electron chi connectivity index (χ0n) is 10.0. The Bertz CT molecular complexity index is 285. The van der Waals surface area contributed by atoms with Crippen molar-refractivity contribution < 1.29 is 0 Å². The van der Waals surface area contributed by atoms with Crippen LogP contribution in [-0.4, -0.2) is 27.8 Å². The van der Waals surface area contributed by atoms with Crippen molar-refractivity contribution >= 4 is 11.8 Å². The van der Waals surface area contributed by atoms with Crippen molar-refractivity contribution in [2.75, 3.05) is 12.8 Å². The van der Waals surface area contributed by atoms with E-state index >= 15 is 0 Å². The lowest BCUT2D eigenvalue weighted by Crippen LogP contribution is -2.21. The first kappa shape index (κ1) is 12.6. The van der Waals surface area contributed by atoms with Gasteiger partial charge in [0.15, 0.2) is 0 Å². The topological polar surface area (TPSA) is 29.9 Å². The maximum atomic E-state index is 4.17. The van der Waals surface area contributed by atoms with E-state index in [1.54, 1.807) is 0 Å². The zero-order valence-corrected chi connectivity index (χ0v) is 10.8. The van der Waals surface area contributed by atoms with Gasteiger partial charge in [-0.1, -0.05) is 6.92 Å². The van der Waals surface area contributed by atoms with Gasteiger partial charge >= 0.3 is 0 Å². The first-order valence-electron chi connectivity index (χ1n) is 5.38. The molecule has 2 unspecified atom stereocenters. The molecule has 1 aromatic rings. The van der Waals surface area contributed by atoms with E-state index < -0.39 is 0 Å². The Morgan fingerprint density at radius 3 is 2.80 bits per heavy atom. The normalized spacial score (nSPS) is 15.2. The number of nitrogens with zero attached hydrogens (tertiary/aromatic N) is 2. The summed E-state index contributed by atoms with van der Waals surface area (Å²) >= 11 is 1.92. The number of hydrogen-bond donors (Lipinski definition) is 1. The van der Waals surface area contributed by atoms with Crippen LogP contribution in [-0.2, 0) is 7.05 Å². The van der Waals surface area contributed by atoms with E-state index in [0.717, 1.165) is 11.8 Å². The van der Waals surface area contributed by atoms with E-state index in [0.29, 0.717) is 6.04 Å². The lowest BCUT2D eigenvalue weighted by atomic mass is 10.2. The summed E-state index contributed by atoms with van der Waals surface area (Å²) in [5.41, 5.74) is 1.26. The molecule has 0 bridgehead atoms. The summed E-state index contributed by atoms with van der Waals surface area (Å²) in [5.74, 6) is 0. The van der Waals surface area contributed by atoms with Gasteiger partial charge in [0.2, 0.25) is 0 Å². The molecule has 0 amide bonds. The minimum atomic E-state index is 0.396. The molecule has 0 radical (unpaired) electrons. The van der Waals surface area contributed by atoms with Gasteiger partial charge in [-0.2, -0.15) is 16.9 Å². The van der Waals surface area contributed by atoms with E-state index in [-0.39, 0.29) is 0 Å². The van der Waals surface area contributed by atoms with E-state index in [1.807, 2.05) is 29.7 Å². The molecule has 0 aliphatic rings. The third-order valence-corrected chi connectivity index (χ3v) is 3.67. The van der Waals surface area contributed by atoms with E-state index in [9.17, 15) is 0 Å². The summed E-state index contributed by atoms with van der Waals surface area (Å²) in [5, 5.41) is 8.42. The van der Waals surface area contributed by atoms with Crippen LogP contribution in [0.3, 0.4) is 0 Å². The predicted octanol–water partition coefficient (Wildman–Crippen LogP) is 2.21. The van der Waals surface area contributed by atoms with Crippen LogP contribution in [0.1, 0.15) is 31.9 Å². The second-order valence-corrected chi connectivity index (χ2v) is 5.23. The molecule has 1 N–H and O–H groups in total. The highest BCUT2D eigenvalue weighted by Gasteiger charge is 2.07. The van der Waals surface area contributed by atoms with Crippen molar-refractivity contribution in [3.63, 3.8) is 0 Å². The maximum absolute atomic E-state index is 4.17. The molecule has 0 spiro atoms. The molecule has 4 heteroatoms. The molecule has 0 aromatic carbocycles. The molecular formula is C11H21N3S. The van der Waals surface area contributed by atoms with Crippen molar-refractivity contribution in [1.82, 2.24) is 15.1 Å².